The zero-order valence-electron chi connectivity index (χ0n) is 21.1. The van der Waals surface area contributed by atoms with E-state index >= 15 is 4.39 Å². The van der Waals surface area contributed by atoms with Gasteiger partial charge in [-0.2, -0.15) is 10.1 Å². The van der Waals surface area contributed by atoms with Crippen molar-refractivity contribution in [3.8, 4) is 22.5 Å². The molecule has 0 spiro atoms. The molecule has 3 aliphatic heterocycles. The monoisotopic (exact) mass is 545 g/mol. The number of fused-ring (bicyclic) bond motifs is 3. The van der Waals surface area contributed by atoms with Crippen LogP contribution in [0.15, 0.2) is 66.2 Å². The molecule has 0 amide bonds. The topological polar surface area (TPSA) is 132 Å². The normalized spacial score (nSPS) is 13.5. The molecule has 2 N–H and O–H groups in total. The van der Waals surface area contributed by atoms with Gasteiger partial charge in [0.1, 0.15) is 23.1 Å². The molecule has 13 heteroatoms. The molecule has 2 aromatic heterocycles. The zero-order chi connectivity index (χ0) is 27.1. The first-order chi connectivity index (χ1) is 18.8. The highest BCUT2D eigenvalue weighted by atomic mass is 32.2. The summed E-state index contributed by atoms with van der Waals surface area (Å²) in [6, 6.07) is 9.94. The van der Waals surface area contributed by atoms with Gasteiger partial charge < -0.3 is 9.88 Å². The van der Waals surface area contributed by atoms with Gasteiger partial charge in [-0.25, -0.2) is 22.8 Å². The van der Waals surface area contributed by atoms with E-state index in [4.69, 9.17) is 0 Å². The largest absolute Gasteiger partial charge is 0.369 e. The Kier molecular flexibility index (Phi) is 6.06. The third-order valence-electron chi connectivity index (χ3n) is 6.36. The minimum atomic E-state index is -3.91. The van der Waals surface area contributed by atoms with Crippen LogP contribution in [0, 0.1) is 12.7 Å². The molecular weight excluding hydrogens is 521 g/mol. The number of nitrogens with zero attached hydrogens (tertiary/aromatic N) is 7. The molecule has 0 saturated carbocycles. The van der Waals surface area contributed by atoms with Crippen LogP contribution in [0.2, 0.25) is 0 Å². The Balaban J connectivity index is 1.43. The van der Waals surface area contributed by atoms with Crippen molar-refractivity contribution >= 4 is 27.2 Å². The van der Waals surface area contributed by atoms with Crippen molar-refractivity contribution in [3.05, 3.63) is 83.9 Å². The highest BCUT2D eigenvalue weighted by molar-refractivity contribution is 7.91. The van der Waals surface area contributed by atoms with Gasteiger partial charge in [-0.05, 0) is 36.8 Å². The van der Waals surface area contributed by atoms with Crippen molar-refractivity contribution in [1.82, 2.24) is 29.3 Å². The van der Waals surface area contributed by atoms with E-state index < -0.39 is 15.8 Å². The molecule has 3 aromatic rings. The van der Waals surface area contributed by atoms with Gasteiger partial charge in [-0.1, -0.05) is 12.1 Å². The number of pyridine rings is 2. The minimum Gasteiger partial charge on any atom is -0.369 e. The number of aromatic nitrogens is 6. The second-order valence-corrected chi connectivity index (χ2v) is 10.9. The first-order valence-electron chi connectivity index (χ1n) is 12.2. The Morgan fingerprint density at radius 2 is 2.05 bits per heavy atom. The van der Waals surface area contributed by atoms with E-state index in [2.05, 4.69) is 35.1 Å². The van der Waals surface area contributed by atoms with E-state index in [0.29, 0.717) is 52.8 Å². The highest BCUT2D eigenvalue weighted by Crippen LogP contribution is 2.40. The van der Waals surface area contributed by atoms with Crippen LogP contribution < -0.4 is 15.7 Å². The van der Waals surface area contributed by atoms with Gasteiger partial charge in [-0.15, -0.1) is 0 Å². The van der Waals surface area contributed by atoms with Crippen LogP contribution in [0.3, 0.4) is 0 Å². The average Bonchev–Trinajstić information content (AvgIpc) is 3.56. The molecule has 0 unspecified atom stereocenters. The average molecular weight is 546 g/mol. The number of benzene rings is 1. The Morgan fingerprint density at radius 1 is 1.18 bits per heavy atom. The van der Waals surface area contributed by atoms with Gasteiger partial charge in [-0.3, -0.25) is 14.4 Å². The SMILES string of the molecule is Cc1ccc(NS(=O)(=O)Cc2ccccn2)c(F)c1-c1cc2cnc(=Nc3cnn(C)c3)nc-2n2c1NCC2. The van der Waals surface area contributed by atoms with Gasteiger partial charge in [0.2, 0.25) is 10.0 Å². The van der Waals surface area contributed by atoms with Crippen LogP contribution in [-0.2, 0) is 29.4 Å². The van der Waals surface area contributed by atoms with E-state index in [9.17, 15) is 8.42 Å². The maximum absolute atomic E-state index is 16.0. The van der Waals surface area contributed by atoms with Crippen molar-refractivity contribution in [2.45, 2.75) is 19.2 Å². The molecule has 0 radical (unpaired) electrons. The molecule has 5 heterocycles. The summed E-state index contributed by atoms with van der Waals surface area (Å²) in [6.07, 6.45) is 6.55. The van der Waals surface area contributed by atoms with Crippen LogP contribution >= 0.6 is 0 Å². The summed E-state index contributed by atoms with van der Waals surface area (Å²) >= 11 is 0. The van der Waals surface area contributed by atoms with Gasteiger partial charge in [0, 0.05) is 49.2 Å². The first kappa shape index (κ1) is 24.7. The maximum Gasteiger partial charge on any atom is 0.251 e. The van der Waals surface area contributed by atoms with Gasteiger partial charge in [0.05, 0.1) is 23.8 Å². The number of aryl methyl sites for hydroxylation is 2. The predicted octanol–water partition coefficient (Wildman–Crippen LogP) is 3.23. The third kappa shape index (κ3) is 4.83. The lowest BCUT2D eigenvalue weighted by atomic mass is 9.97. The third-order valence-corrected chi connectivity index (χ3v) is 7.57. The van der Waals surface area contributed by atoms with E-state index in [1.807, 2.05) is 10.6 Å². The molecule has 6 rings (SSSR count). The fourth-order valence-corrected chi connectivity index (χ4v) is 5.78. The second-order valence-electron chi connectivity index (χ2n) is 9.22. The van der Waals surface area contributed by atoms with Crippen molar-refractivity contribution < 1.29 is 12.8 Å². The number of nitrogens with one attached hydrogen (secondary N) is 2. The molecule has 0 aliphatic carbocycles. The van der Waals surface area contributed by atoms with Crippen LogP contribution in [0.1, 0.15) is 11.3 Å². The maximum atomic E-state index is 16.0. The van der Waals surface area contributed by atoms with Crippen molar-refractivity contribution in [1.29, 1.82) is 0 Å². The summed E-state index contributed by atoms with van der Waals surface area (Å²) in [5, 5.41) is 7.45. The number of rotatable bonds is 6. The fraction of sp³-hybridized carbons (Fsp3) is 0.192. The number of hydrogen-bond acceptors (Lipinski definition) is 8. The summed E-state index contributed by atoms with van der Waals surface area (Å²) < 4.78 is 47.7. The van der Waals surface area contributed by atoms with Crippen molar-refractivity contribution in [2.75, 3.05) is 16.6 Å². The Labute approximate surface area is 223 Å². The number of halogens is 1. The smallest absolute Gasteiger partial charge is 0.251 e. The van der Waals surface area contributed by atoms with E-state index in [1.54, 1.807) is 61.5 Å². The number of sulfonamides is 1. The molecule has 0 fully saturated rings. The predicted molar refractivity (Wildman–Crippen MR) is 144 cm³/mol. The minimum absolute atomic E-state index is 0.134. The van der Waals surface area contributed by atoms with Gasteiger partial charge >= 0.3 is 0 Å². The molecule has 39 heavy (non-hydrogen) atoms. The molecule has 3 aliphatic rings. The van der Waals surface area contributed by atoms with Crippen LogP contribution in [-0.4, -0.2) is 44.3 Å². The first-order valence-corrected chi connectivity index (χ1v) is 13.8. The Morgan fingerprint density at radius 3 is 2.82 bits per heavy atom. The van der Waals surface area contributed by atoms with E-state index in [1.165, 1.54) is 12.3 Å². The standard InChI is InChI=1S/C26H24FN9O2S/c1-16-6-7-21(34-39(37,38)15-18-5-3-4-8-28-18)23(27)22(16)20-11-17-12-30-26(32-19-13-31-35(2)14-19)33-24(17)36-10-9-29-25(20)36/h3-8,11-14,29,34H,9-10,15H2,1-2H3. The molecule has 1 aromatic carbocycles. The van der Waals surface area contributed by atoms with Crippen molar-refractivity contribution in [3.63, 3.8) is 0 Å². The Bertz CT molecular complexity index is 1850. The zero-order valence-corrected chi connectivity index (χ0v) is 21.9. The Hall–Kier alpha value is -4.65. The summed E-state index contributed by atoms with van der Waals surface area (Å²) in [5.41, 5.74) is 3.37. The second kappa shape index (κ2) is 9.58. The summed E-state index contributed by atoms with van der Waals surface area (Å²) in [4.78, 5) is 17.5. The quantitative estimate of drug-likeness (QED) is 0.335. The highest BCUT2D eigenvalue weighted by Gasteiger charge is 2.26. The van der Waals surface area contributed by atoms with Crippen LogP contribution in [0.5, 0.6) is 0 Å². The lowest BCUT2D eigenvalue weighted by Crippen LogP contribution is -2.18. The summed E-state index contributed by atoms with van der Waals surface area (Å²) in [7, 11) is -2.10. The summed E-state index contributed by atoms with van der Waals surface area (Å²) in [5.74, 6) is 0.300. The molecule has 0 saturated heterocycles. The molecule has 0 bridgehead atoms. The van der Waals surface area contributed by atoms with Crippen LogP contribution in [0.4, 0.5) is 21.6 Å². The van der Waals surface area contributed by atoms with Crippen molar-refractivity contribution in [2.24, 2.45) is 12.0 Å². The number of anilines is 2. The summed E-state index contributed by atoms with van der Waals surface area (Å²) in [6.45, 7) is 3.02. The fourth-order valence-electron chi connectivity index (χ4n) is 4.65. The van der Waals surface area contributed by atoms with Gasteiger partial charge in [0.15, 0.2) is 5.82 Å². The lowest BCUT2D eigenvalue weighted by molar-refractivity contribution is 0.597. The molecule has 198 valence electrons. The van der Waals surface area contributed by atoms with Crippen LogP contribution in [0.25, 0.3) is 22.5 Å². The van der Waals surface area contributed by atoms with E-state index in [0.717, 1.165) is 0 Å². The molecule has 0 atom stereocenters. The van der Waals surface area contributed by atoms with E-state index in [-0.39, 0.29) is 22.6 Å². The molecule has 11 nitrogen and oxygen atoms in total. The molecular formula is C26H24FN9O2S. The van der Waals surface area contributed by atoms with Gasteiger partial charge in [0.25, 0.3) is 5.62 Å². The lowest BCUT2D eigenvalue weighted by Gasteiger charge is -2.19. The number of hydrogen-bond donors (Lipinski definition) is 2.